The lowest BCUT2D eigenvalue weighted by Crippen LogP contribution is -2.10. The van der Waals surface area contributed by atoms with Crippen LogP contribution in [0.4, 0.5) is 28.8 Å². The van der Waals surface area contributed by atoms with E-state index < -0.39 is 0 Å². The SMILES string of the molecule is CC(=O)Nc1cccc(Nc2nncc(Nc3ccc(C(C)(C)C)cc3)n2)c1. The van der Waals surface area contributed by atoms with Crippen molar-refractivity contribution in [3.63, 3.8) is 0 Å². The highest BCUT2D eigenvalue weighted by molar-refractivity contribution is 5.89. The van der Waals surface area contributed by atoms with Gasteiger partial charge in [0.15, 0.2) is 5.82 Å². The molecule has 3 aromatic rings. The molecule has 0 spiro atoms. The Morgan fingerprint density at radius 3 is 2.32 bits per heavy atom. The van der Waals surface area contributed by atoms with Gasteiger partial charge in [0.2, 0.25) is 11.9 Å². The highest BCUT2D eigenvalue weighted by Crippen LogP contribution is 2.25. The third-order valence-corrected chi connectivity index (χ3v) is 4.02. The number of benzene rings is 2. The molecule has 3 rings (SSSR count). The molecule has 28 heavy (non-hydrogen) atoms. The Morgan fingerprint density at radius 2 is 1.64 bits per heavy atom. The molecule has 0 unspecified atom stereocenters. The minimum Gasteiger partial charge on any atom is -0.339 e. The van der Waals surface area contributed by atoms with Crippen LogP contribution in [0.1, 0.15) is 33.3 Å². The normalized spacial score (nSPS) is 11.0. The van der Waals surface area contributed by atoms with E-state index in [4.69, 9.17) is 0 Å². The Hall–Kier alpha value is -3.48. The lowest BCUT2D eigenvalue weighted by molar-refractivity contribution is -0.114. The topological polar surface area (TPSA) is 91.8 Å². The van der Waals surface area contributed by atoms with Gasteiger partial charge in [0.05, 0.1) is 6.20 Å². The lowest BCUT2D eigenvalue weighted by atomic mass is 9.87. The maximum absolute atomic E-state index is 11.2. The Labute approximate surface area is 164 Å². The summed E-state index contributed by atoms with van der Waals surface area (Å²) in [7, 11) is 0. The van der Waals surface area contributed by atoms with Crippen molar-refractivity contribution in [3.05, 3.63) is 60.3 Å². The first-order valence-electron chi connectivity index (χ1n) is 9.01. The molecule has 144 valence electrons. The van der Waals surface area contributed by atoms with Crippen molar-refractivity contribution < 1.29 is 4.79 Å². The average Bonchev–Trinajstić information content (AvgIpc) is 2.61. The van der Waals surface area contributed by atoms with Gasteiger partial charge < -0.3 is 16.0 Å². The van der Waals surface area contributed by atoms with Gasteiger partial charge in [-0.25, -0.2) is 0 Å². The van der Waals surface area contributed by atoms with Gasteiger partial charge >= 0.3 is 0 Å². The molecule has 0 saturated carbocycles. The molecule has 7 heteroatoms. The summed E-state index contributed by atoms with van der Waals surface area (Å²) >= 11 is 0. The van der Waals surface area contributed by atoms with Crippen LogP contribution in [0.15, 0.2) is 54.7 Å². The summed E-state index contributed by atoms with van der Waals surface area (Å²) < 4.78 is 0. The molecule has 0 atom stereocenters. The van der Waals surface area contributed by atoms with Crippen LogP contribution in [0.3, 0.4) is 0 Å². The van der Waals surface area contributed by atoms with Gasteiger partial charge in [-0.2, -0.15) is 10.1 Å². The van der Waals surface area contributed by atoms with Gasteiger partial charge in [-0.05, 0) is 41.3 Å². The molecule has 0 saturated heterocycles. The first-order chi connectivity index (χ1) is 13.3. The third kappa shape index (κ3) is 5.26. The van der Waals surface area contributed by atoms with Crippen molar-refractivity contribution in [2.45, 2.75) is 33.1 Å². The summed E-state index contributed by atoms with van der Waals surface area (Å²) in [6.45, 7) is 8.02. The van der Waals surface area contributed by atoms with Crippen LogP contribution >= 0.6 is 0 Å². The molecular formula is C21H24N6O. The summed E-state index contributed by atoms with van der Waals surface area (Å²) in [5.41, 5.74) is 3.74. The second-order valence-electron chi connectivity index (χ2n) is 7.50. The van der Waals surface area contributed by atoms with Crippen molar-refractivity contribution in [1.29, 1.82) is 0 Å². The second kappa shape index (κ2) is 8.04. The van der Waals surface area contributed by atoms with Crippen molar-refractivity contribution in [3.8, 4) is 0 Å². The third-order valence-electron chi connectivity index (χ3n) is 4.02. The Balaban J connectivity index is 1.71. The summed E-state index contributed by atoms with van der Waals surface area (Å²) in [5, 5.41) is 17.1. The first-order valence-corrected chi connectivity index (χ1v) is 9.01. The quantitative estimate of drug-likeness (QED) is 0.602. The fourth-order valence-electron chi connectivity index (χ4n) is 2.63. The van der Waals surface area contributed by atoms with Crippen LogP contribution in [0.25, 0.3) is 0 Å². The lowest BCUT2D eigenvalue weighted by Gasteiger charge is -2.19. The van der Waals surface area contributed by atoms with E-state index in [0.29, 0.717) is 17.5 Å². The molecule has 1 heterocycles. The number of rotatable bonds is 5. The zero-order chi connectivity index (χ0) is 20.1. The van der Waals surface area contributed by atoms with Gasteiger partial charge in [0.1, 0.15) is 0 Å². The van der Waals surface area contributed by atoms with Gasteiger partial charge in [0, 0.05) is 24.0 Å². The molecule has 0 radical (unpaired) electrons. The molecule has 3 N–H and O–H groups in total. The Morgan fingerprint density at radius 1 is 0.929 bits per heavy atom. The predicted octanol–water partition coefficient (Wildman–Crippen LogP) is 4.61. The summed E-state index contributed by atoms with van der Waals surface area (Å²) in [4.78, 5) is 15.6. The molecule has 0 aliphatic heterocycles. The van der Waals surface area contributed by atoms with E-state index in [2.05, 4.69) is 64.0 Å². The summed E-state index contributed by atoms with van der Waals surface area (Å²) in [6, 6.07) is 15.5. The van der Waals surface area contributed by atoms with E-state index in [1.165, 1.54) is 12.5 Å². The molecule has 0 aliphatic carbocycles. The van der Waals surface area contributed by atoms with E-state index in [1.54, 1.807) is 12.3 Å². The molecule has 7 nitrogen and oxygen atoms in total. The monoisotopic (exact) mass is 376 g/mol. The largest absolute Gasteiger partial charge is 0.339 e. The van der Waals surface area contributed by atoms with E-state index in [9.17, 15) is 4.79 Å². The fraction of sp³-hybridized carbons (Fsp3) is 0.238. The van der Waals surface area contributed by atoms with Crippen molar-refractivity contribution in [2.24, 2.45) is 0 Å². The fourth-order valence-corrected chi connectivity index (χ4v) is 2.63. The number of carbonyl (C=O) groups is 1. The van der Waals surface area contributed by atoms with E-state index in [1.807, 2.05) is 30.3 Å². The van der Waals surface area contributed by atoms with E-state index in [-0.39, 0.29) is 11.3 Å². The van der Waals surface area contributed by atoms with E-state index in [0.717, 1.165) is 11.4 Å². The number of carbonyl (C=O) groups excluding carboxylic acids is 1. The molecule has 1 aromatic heterocycles. The number of nitrogens with zero attached hydrogens (tertiary/aromatic N) is 3. The highest BCUT2D eigenvalue weighted by Gasteiger charge is 2.13. The summed E-state index contributed by atoms with van der Waals surface area (Å²) in [6.07, 6.45) is 1.57. The van der Waals surface area contributed by atoms with Crippen LogP contribution in [-0.2, 0) is 10.2 Å². The first kappa shape index (κ1) is 19.3. The minimum absolute atomic E-state index is 0.109. The van der Waals surface area contributed by atoms with Crippen LogP contribution < -0.4 is 16.0 Å². The van der Waals surface area contributed by atoms with Gasteiger partial charge in [0.25, 0.3) is 0 Å². The van der Waals surface area contributed by atoms with Gasteiger partial charge in [-0.15, -0.1) is 5.10 Å². The molecule has 0 aliphatic rings. The molecule has 2 aromatic carbocycles. The van der Waals surface area contributed by atoms with Crippen LogP contribution in [0.2, 0.25) is 0 Å². The number of aromatic nitrogens is 3. The van der Waals surface area contributed by atoms with Crippen LogP contribution in [0.5, 0.6) is 0 Å². The van der Waals surface area contributed by atoms with E-state index >= 15 is 0 Å². The van der Waals surface area contributed by atoms with Crippen LogP contribution in [-0.4, -0.2) is 21.1 Å². The summed E-state index contributed by atoms with van der Waals surface area (Å²) in [5.74, 6) is 0.814. The van der Waals surface area contributed by atoms with Crippen molar-refractivity contribution >= 4 is 34.7 Å². The maximum atomic E-state index is 11.2. The minimum atomic E-state index is -0.126. The molecule has 1 amide bonds. The molecule has 0 bridgehead atoms. The number of amides is 1. The zero-order valence-electron chi connectivity index (χ0n) is 16.4. The number of nitrogens with one attached hydrogen (secondary N) is 3. The number of hydrogen-bond donors (Lipinski definition) is 3. The molecule has 0 fully saturated rings. The highest BCUT2D eigenvalue weighted by atomic mass is 16.1. The Bertz CT molecular complexity index is 963. The predicted molar refractivity (Wildman–Crippen MR) is 112 cm³/mol. The maximum Gasteiger partial charge on any atom is 0.249 e. The van der Waals surface area contributed by atoms with Gasteiger partial charge in [-0.1, -0.05) is 39.0 Å². The van der Waals surface area contributed by atoms with Crippen LogP contribution in [0, 0.1) is 0 Å². The van der Waals surface area contributed by atoms with Crippen molar-refractivity contribution in [2.75, 3.05) is 16.0 Å². The van der Waals surface area contributed by atoms with Crippen molar-refractivity contribution in [1.82, 2.24) is 15.2 Å². The number of hydrogen-bond acceptors (Lipinski definition) is 6. The smallest absolute Gasteiger partial charge is 0.249 e. The standard InChI is InChI=1S/C21H24N6O/c1-14(28)23-17-6-5-7-18(12-17)25-20-26-19(13-22-27-20)24-16-10-8-15(9-11-16)21(2,3)4/h5-13H,1-4H3,(H,23,28)(H2,24,25,26,27). The zero-order valence-corrected chi connectivity index (χ0v) is 16.4. The average molecular weight is 376 g/mol. The Kier molecular flexibility index (Phi) is 5.54. The number of anilines is 5. The second-order valence-corrected chi connectivity index (χ2v) is 7.50. The van der Waals surface area contributed by atoms with Gasteiger partial charge in [-0.3, -0.25) is 4.79 Å². The molecular weight excluding hydrogens is 352 g/mol.